The quantitative estimate of drug-likeness (QED) is 0.714. The molecular formula is C23H35N3O3. The van der Waals surface area contributed by atoms with E-state index in [4.69, 9.17) is 4.74 Å². The Balaban J connectivity index is 1.63. The molecule has 1 saturated carbocycles. The molecule has 1 aliphatic heterocycles. The maximum atomic E-state index is 12.7. The number of benzene rings is 1. The number of carbonyl (C=O) groups is 2. The van der Waals surface area contributed by atoms with E-state index in [9.17, 15) is 9.59 Å². The van der Waals surface area contributed by atoms with E-state index in [1.165, 1.54) is 32.1 Å². The highest BCUT2D eigenvalue weighted by Crippen LogP contribution is 2.36. The lowest BCUT2D eigenvalue weighted by atomic mass is 9.86. The number of fused-ring (bicyclic) bond motifs is 1. The second-order valence-electron chi connectivity index (χ2n) is 8.68. The fourth-order valence-corrected chi connectivity index (χ4v) is 4.29. The topological polar surface area (TPSA) is 61.9 Å². The Bertz CT molecular complexity index is 713. The molecule has 1 aromatic rings. The third-order valence-corrected chi connectivity index (χ3v) is 5.94. The molecule has 160 valence electrons. The minimum Gasteiger partial charge on any atom is -0.479 e. The average molecular weight is 402 g/mol. The molecule has 2 amide bonds. The van der Waals surface area contributed by atoms with E-state index >= 15 is 0 Å². The number of ether oxygens (including phenoxy) is 1. The van der Waals surface area contributed by atoms with E-state index < -0.39 is 6.10 Å². The Kier molecular flexibility index (Phi) is 7.53. The van der Waals surface area contributed by atoms with Gasteiger partial charge in [0.2, 0.25) is 5.91 Å². The normalized spacial score (nSPS) is 19.8. The molecule has 1 N–H and O–H groups in total. The standard InChI is InChI=1S/C23H35N3O3/c1-17-23(28)26(15-7-14-25(2)3)20-16-19(11-12-21(20)29-17)24-22(27)13-10-18-8-5-4-6-9-18/h11-12,16-18H,4-10,13-15H2,1-3H3,(H,24,27). The summed E-state index contributed by atoms with van der Waals surface area (Å²) in [4.78, 5) is 29.0. The van der Waals surface area contributed by atoms with Gasteiger partial charge in [0.25, 0.3) is 5.91 Å². The second kappa shape index (κ2) is 10.1. The van der Waals surface area contributed by atoms with Gasteiger partial charge in [0.1, 0.15) is 5.75 Å². The molecule has 1 heterocycles. The van der Waals surface area contributed by atoms with E-state index in [0.29, 0.717) is 24.6 Å². The van der Waals surface area contributed by atoms with Gasteiger partial charge in [-0.2, -0.15) is 0 Å². The van der Waals surface area contributed by atoms with Crippen LogP contribution in [-0.2, 0) is 9.59 Å². The number of hydrogen-bond donors (Lipinski definition) is 1. The minimum atomic E-state index is -0.488. The van der Waals surface area contributed by atoms with Crippen molar-refractivity contribution >= 4 is 23.2 Å². The number of nitrogens with one attached hydrogen (secondary N) is 1. The molecule has 0 aromatic heterocycles. The third-order valence-electron chi connectivity index (χ3n) is 5.94. The van der Waals surface area contributed by atoms with E-state index in [0.717, 1.165) is 30.8 Å². The highest BCUT2D eigenvalue weighted by atomic mass is 16.5. The highest BCUT2D eigenvalue weighted by molar-refractivity contribution is 6.01. The summed E-state index contributed by atoms with van der Waals surface area (Å²) in [6.07, 6.45) is 8.36. The molecule has 1 fully saturated rings. The first kappa shape index (κ1) is 21.6. The fourth-order valence-electron chi connectivity index (χ4n) is 4.29. The summed E-state index contributed by atoms with van der Waals surface area (Å²) in [5.74, 6) is 1.41. The van der Waals surface area contributed by atoms with E-state index in [1.54, 1.807) is 11.8 Å². The molecule has 1 aliphatic carbocycles. The van der Waals surface area contributed by atoms with Crippen molar-refractivity contribution in [1.82, 2.24) is 4.90 Å². The van der Waals surface area contributed by atoms with Crippen molar-refractivity contribution in [1.29, 1.82) is 0 Å². The van der Waals surface area contributed by atoms with Crippen LogP contribution in [0.2, 0.25) is 0 Å². The number of rotatable bonds is 8. The predicted octanol–water partition coefficient (Wildman–Crippen LogP) is 4.05. The lowest BCUT2D eigenvalue weighted by Crippen LogP contribution is -2.45. The molecule has 0 radical (unpaired) electrons. The number of anilines is 2. The van der Waals surface area contributed by atoms with Gasteiger partial charge in [-0.25, -0.2) is 0 Å². The van der Waals surface area contributed by atoms with Crippen LogP contribution < -0.4 is 15.0 Å². The van der Waals surface area contributed by atoms with Crippen molar-refractivity contribution in [2.75, 3.05) is 37.4 Å². The third kappa shape index (κ3) is 5.95. The first-order valence-electron chi connectivity index (χ1n) is 11.0. The van der Waals surface area contributed by atoms with Crippen LogP contribution in [-0.4, -0.2) is 50.0 Å². The van der Waals surface area contributed by atoms with Gasteiger partial charge in [-0.05, 0) is 64.5 Å². The lowest BCUT2D eigenvalue weighted by molar-refractivity contribution is -0.125. The number of carbonyl (C=O) groups excluding carboxylic acids is 2. The number of nitrogens with zero attached hydrogens (tertiary/aromatic N) is 2. The zero-order chi connectivity index (χ0) is 20.8. The van der Waals surface area contributed by atoms with Crippen molar-refractivity contribution in [2.45, 2.75) is 64.4 Å². The summed E-state index contributed by atoms with van der Waals surface area (Å²) in [5, 5.41) is 3.01. The summed E-state index contributed by atoms with van der Waals surface area (Å²) in [6.45, 7) is 3.33. The summed E-state index contributed by atoms with van der Waals surface area (Å²) in [7, 11) is 4.05. The Morgan fingerprint density at radius 1 is 1.24 bits per heavy atom. The molecule has 0 spiro atoms. The maximum absolute atomic E-state index is 12.7. The summed E-state index contributed by atoms with van der Waals surface area (Å²) in [5.41, 5.74) is 1.47. The van der Waals surface area contributed by atoms with Gasteiger partial charge in [0, 0.05) is 18.7 Å². The number of amides is 2. The Hall–Kier alpha value is -2.08. The Morgan fingerprint density at radius 3 is 2.72 bits per heavy atom. The highest BCUT2D eigenvalue weighted by Gasteiger charge is 2.31. The van der Waals surface area contributed by atoms with Gasteiger partial charge in [0.05, 0.1) is 5.69 Å². The minimum absolute atomic E-state index is 0.0305. The molecule has 1 aromatic carbocycles. The summed E-state index contributed by atoms with van der Waals surface area (Å²) in [6, 6.07) is 5.58. The average Bonchev–Trinajstić information content (AvgIpc) is 2.70. The molecule has 1 atom stereocenters. The van der Waals surface area contributed by atoms with Crippen LogP contribution in [0.1, 0.15) is 58.3 Å². The fraction of sp³-hybridized carbons (Fsp3) is 0.652. The van der Waals surface area contributed by atoms with Crippen LogP contribution in [0.5, 0.6) is 5.75 Å². The van der Waals surface area contributed by atoms with Crippen LogP contribution >= 0.6 is 0 Å². The maximum Gasteiger partial charge on any atom is 0.267 e. The van der Waals surface area contributed by atoms with Crippen LogP contribution in [0.15, 0.2) is 18.2 Å². The van der Waals surface area contributed by atoms with Gasteiger partial charge in [-0.3, -0.25) is 9.59 Å². The van der Waals surface area contributed by atoms with Crippen molar-refractivity contribution in [3.8, 4) is 5.75 Å². The van der Waals surface area contributed by atoms with Gasteiger partial charge in [0.15, 0.2) is 6.10 Å². The summed E-state index contributed by atoms with van der Waals surface area (Å²) < 4.78 is 5.77. The van der Waals surface area contributed by atoms with Gasteiger partial charge in [-0.15, -0.1) is 0 Å². The Labute approximate surface area is 174 Å². The van der Waals surface area contributed by atoms with Crippen molar-refractivity contribution < 1.29 is 14.3 Å². The van der Waals surface area contributed by atoms with Crippen molar-refractivity contribution in [3.63, 3.8) is 0 Å². The van der Waals surface area contributed by atoms with Crippen molar-refractivity contribution in [3.05, 3.63) is 18.2 Å². The summed E-state index contributed by atoms with van der Waals surface area (Å²) >= 11 is 0. The molecular weight excluding hydrogens is 366 g/mol. The SMILES string of the molecule is CC1Oc2ccc(NC(=O)CCC3CCCCC3)cc2N(CCCN(C)C)C1=O. The van der Waals surface area contributed by atoms with E-state index in [1.807, 2.05) is 32.3 Å². The molecule has 2 aliphatic rings. The van der Waals surface area contributed by atoms with Crippen LogP contribution in [0.3, 0.4) is 0 Å². The van der Waals surface area contributed by atoms with Crippen LogP contribution in [0.4, 0.5) is 11.4 Å². The molecule has 6 heteroatoms. The largest absolute Gasteiger partial charge is 0.479 e. The smallest absolute Gasteiger partial charge is 0.267 e. The Morgan fingerprint density at radius 2 is 2.00 bits per heavy atom. The van der Waals surface area contributed by atoms with Crippen molar-refractivity contribution in [2.24, 2.45) is 5.92 Å². The molecule has 29 heavy (non-hydrogen) atoms. The van der Waals surface area contributed by atoms with Gasteiger partial charge < -0.3 is 19.9 Å². The first-order chi connectivity index (χ1) is 13.9. The van der Waals surface area contributed by atoms with Gasteiger partial charge >= 0.3 is 0 Å². The zero-order valence-corrected chi connectivity index (χ0v) is 18.1. The van der Waals surface area contributed by atoms with Gasteiger partial charge in [-0.1, -0.05) is 32.1 Å². The molecule has 6 nitrogen and oxygen atoms in total. The molecule has 1 unspecified atom stereocenters. The lowest BCUT2D eigenvalue weighted by Gasteiger charge is -2.33. The zero-order valence-electron chi connectivity index (χ0n) is 18.1. The first-order valence-corrected chi connectivity index (χ1v) is 11.0. The molecule has 0 bridgehead atoms. The number of hydrogen-bond acceptors (Lipinski definition) is 4. The second-order valence-corrected chi connectivity index (χ2v) is 8.68. The van der Waals surface area contributed by atoms with Crippen LogP contribution in [0.25, 0.3) is 0 Å². The molecule has 3 rings (SSSR count). The molecule has 0 saturated heterocycles. The van der Waals surface area contributed by atoms with E-state index in [-0.39, 0.29) is 11.8 Å². The monoisotopic (exact) mass is 401 g/mol. The predicted molar refractivity (Wildman–Crippen MR) is 116 cm³/mol. The van der Waals surface area contributed by atoms with Crippen LogP contribution in [0, 0.1) is 5.92 Å². The van der Waals surface area contributed by atoms with E-state index in [2.05, 4.69) is 10.2 Å².